The second-order valence-corrected chi connectivity index (χ2v) is 7.49. The number of urea groups is 1. The lowest BCUT2D eigenvalue weighted by molar-refractivity contribution is -0.137. The lowest BCUT2D eigenvalue weighted by Gasteiger charge is -2.19. The summed E-state index contributed by atoms with van der Waals surface area (Å²) in [6.07, 6.45) is 0. The topological polar surface area (TPSA) is 58.6 Å². The number of thioether (sulfide) groups is 1. The SMILES string of the molecule is COC(=O)CSCc1cccc(NC(=O)N(C)Cc2ccccc2Br)c1. The molecule has 0 aliphatic heterocycles. The number of ether oxygens (including phenoxy) is 1. The molecule has 0 fully saturated rings. The highest BCUT2D eigenvalue weighted by Gasteiger charge is 2.11. The van der Waals surface area contributed by atoms with Crippen LogP contribution in [0.1, 0.15) is 11.1 Å². The third-order valence-corrected chi connectivity index (χ3v) is 5.36. The Hall–Kier alpha value is -1.99. The molecule has 7 heteroatoms. The van der Waals surface area contributed by atoms with Crippen molar-refractivity contribution in [2.45, 2.75) is 12.3 Å². The standard InChI is InChI=1S/C19H21BrN2O3S/c1-22(11-15-7-3-4-9-17(15)20)19(24)21-16-8-5-6-14(10-16)12-26-13-18(23)25-2/h3-10H,11-13H2,1-2H3,(H,21,24). The van der Waals surface area contributed by atoms with Gasteiger partial charge in [-0.05, 0) is 29.3 Å². The molecule has 0 unspecified atom stereocenters. The molecule has 0 aliphatic carbocycles. The molecule has 0 bridgehead atoms. The third kappa shape index (κ3) is 6.38. The van der Waals surface area contributed by atoms with Crippen molar-refractivity contribution in [1.82, 2.24) is 4.90 Å². The van der Waals surface area contributed by atoms with Crippen LogP contribution in [0.4, 0.5) is 10.5 Å². The smallest absolute Gasteiger partial charge is 0.321 e. The zero-order valence-electron chi connectivity index (χ0n) is 14.7. The largest absolute Gasteiger partial charge is 0.468 e. The Bertz CT molecular complexity index is 770. The molecular formula is C19H21BrN2O3S. The first-order valence-electron chi connectivity index (χ1n) is 7.98. The van der Waals surface area contributed by atoms with Crippen molar-refractivity contribution in [2.75, 3.05) is 25.2 Å². The number of halogens is 1. The number of amides is 2. The fraction of sp³-hybridized carbons (Fsp3) is 0.263. The second kappa shape index (κ2) is 10.2. The molecule has 2 amide bonds. The van der Waals surface area contributed by atoms with Crippen LogP contribution in [0.5, 0.6) is 0 Å². The number of carbonyl (C=O) groups is 2. The van der Waals surface area contributed by atoms with E-state index >= 15 is 0 Å². The lowest BCUT2D eigenvalue weighted by atomic mass is 10.2. The van der Waals surface area contributed by atoms with E-state index in [1.54, 1.807) is 11.9 Å². The Morgan fingerprint density at radius 1 is 1.19 bits per heavy atom. The Morgan fingerprint density at radius 3 is 2.69 bits per heavy atom. The summed E-state index contributed by atoms with van der Waals surface area (Å²) in [5.41, 5.74) is 2.80. The van der Waals surface area contributed by atoms with E-state index in [2.05, 4.69) is 26.0 Å². The minimum absolute atomic E-state index is 0.180. The summed E-state index contributed by atoms with van der Waals surface area (Å²) in [4.78, 5) is 25.2. The summed E-state index contributed by atoms with van der Waals surface area (Å²) in [5, 5.41) is 2.90. The van der Waals surface area contributed by atoms with Gasteiger partial charge in [0.2, 0.25) is 0 Å². The molecule has 2 aromatic carbocycles. The minimum Gasteiger partial charge on any atom is -0.468 e. The van der Waals surface area contributed by atoms with E-state index in [9.17, 15) is 9.59 Å². The molecular weight excluding hydrogens is 416 g/mol. The van der Waals surface area contributed by atoms with Gasteiger partial charge in [0, 0.05) is 29.5 Å². The Balaban J connectivity index is 1.91. The molecule has 2 aromatic rings. The van der Waals surface area contributed by atoms with Crippen molar-refractivity contribution < 1.29 is 14.3 Å². The first-order chi connectivity index (χ1) is 12.5. The molecule has 0 heterocycles. The maximum atomic E-state index is 12.4. The van der Waals surface area contributed by atoms with Gasteiger partial charge in [0.1, 0.15) is 0 Å². The van der Waals surface area contributed by atoms with E-state index in [0.717, 1.165) is 21.3 Å². The van der Waals surface area contributed by atoms with Crippen molar-refractivity contribution in [1.29, 1.82) is 0 Å². The van der Waals surface area contributed by atoms with Crippen molar-refractivity contribution in [3.63, 3.8) is 0 Å². The number of rotatable bonds is 7. The van der Waals surface area contributed by atoms with E-state index in [1.165, 1.54) is 18.9 Å². The van der Waals surface area contributed by atoms with Crippen LogP contribution in [-0.2, 0) is 21.8 Å². The van der Waals surface area contributed by atoms with Gasteiger partial charge in [0.25, 0.3) is 0 Å². The average molecular weight is 437 g/mol. The first kappa shape index (κ1) is 20.3. The molecule has 1 N–H and O–H groups in total. The fourth-order valence-corrected chi connectivity index (χ4v) is 3.43. The number of nitrogens with one attached hydrogen (secondary N) is 1. The maximum Gasteiger partial charge on any atom is 0.321 e. The quantitative estimate of drug-likeness (QED) is 0.648. The first-order valence-corrected chi connectivity index (χ1v) is 9.93. The molecule has 0 aromatic heterocycles. The predicted octanol–water partition coefficient (Wildman–Crippen LogP) is 4.52. The molecule has 2 rings (SSSR count). The van der Waals surface area contributed by atoms with Crippen molar-refractivity contribution in [3.8, 4) is 0 Å². The highest BCUT2D eigenvalue weighted by molar-refractivity contribution is 9.10. The summed E-state index contributed by atoms with van der Waals surface area (Å²) in [6, 6.07) is 15.2. The van der Waals surface area contributed by atoms with Gasteiger partial charge < -0.3 is 15.0 Å². The number of nitrogens with zero attached hydrogens (tertiary/aromatic N) is 1. The van der Waals surface area contributed by atoms with Crippen LogP contribution in [0.2, 0.25) is 0 Å². The fourth-order valence-electron chi connectivity index (χ4n) is 2.22. The highest BCUT2D eigenvalue weighted by Crippen LogP contribution is 2.19. The summed E-state index contributed by atoms with van der Waals surface area (Å²) in [7, 11) is 3.13. The number of hydrogen-bond acceptors (Lipinski definition) is 4. The number of methoxy groups -OCH3 is 1. The van der Waals surface area contributed by atoms with Crippen LogP contribution in [0, 0.1) is 0 Å². The van der Waals surface area contributed by atoms with Gasteiger partial charge in [-0.3, -0.25) is 4.79 Å². The van der Waals surface area contributed by atoms with Gasteiger partial charge in [-0.2, -0.15) is 0 Å². The Labute approximate surface area is 166 Å². The van der Waals surface area contributed by atoms with Crippen LogP contribution in [0.3, 0.4) is 0 Å². The third-order valence-electron chi connectivity index (χ3n) is 3.61. The van der Waals surface area contributed by atoms with Crippen molar-refractivity contribution in [2.24, 2.45) is 0 Å². The van der Waals surface area contributed by atoms with Gasteiger partial charge >= 0.3 is 12.0 Å². The minimum atomic E-state index is -0.242. The zero-order valence-corrected chi connectivity index (χ0v) is 17.1. The normalized spacial score (nSPS) is 10.3. The van der Waals surface area contributed by atoms with Crippen molar-refractivity contribution in [3.05, 3.63) is 64.1 Å². The van der Waals surface area contributed by atoms with E-state index in [-0.39, 0.29) is 12.0 Å². The van der Waals surface area contributed by atoms with Gasteiger partial charge in [-0.25, -0.2) is 4.79 Å². The number of hydrogen-bond donors (Lipinski definition) is 1. The molecule has 0 atom stereocenters. The molecule has 0 saturated heterocycles. The maximum absolute atomic E-state index is 12.4. The van der Waals surface area contributed by atoms with Gasteiger partial charge in [0.05, 0.1) is 12.9 Å². The van der Waals surface area contributed by atoms with Gasteiger partial charge in [0.15, 0.2) is 0 Å². The number of anilines is 1. The van der Waals surface area contributed by atoms with Gasteiger partial charge in [-0.15, -0.1) is 11.8 Å². The molecule has 0 saturated carbocycles. The van der Waals surface area contributed by atoms with Crippen LogP contribution in [-0.4, -0.2) is 36.8 Å². The van der Waals surface area contributed by atoms with Crippen LogP contribution >= 0.6 is 27.7 Å². The summed E-state index contributed by atoms with van der Waals surface area (Å²) in [5.74, 6) is 0.737. The summed E-state index contributed by atoms with van der Waals surface area (Å²) >= 11 is 4.97. The van der Waals surface area contributed by atoms with Crippen molar-refractivity contribution >= 4 is 45.4 Å². The van der Waals surface area contributed by atoms with Crippen LogP contribution < -0.4 is 5.32 Å². The van der Waals surface area contributed by atoms with Crippen LogP contribution in [0.15, 0.2) is 53.0 Å². The molecule has 5 nitrogen and oxygen atoms in total. The van der Waals surface area contributed by atoms with E-state index in [4.69, 9.17) is 0 Å². The van der Waals surface area contributed by atoms with Crippen LogP contribution in [0.25, 0.3) is 0 Å². The van der Waals surface area contributed by atoms with E-state index < -0.39 is 0 Å². The Kier molecular flexibility index (Phi) is 8.00. The van der Waals surface area contributed by atoms with Gasteiger partial charge in [-0.1, -0.05) is 46.3 Å². The van der Waals surface area contributed by atoms with E-state index in [0.29, 0.717) is 18.1 Å². The summed E-state index contributed by atoms with van der Waals surface area (Å²) < 4.78 is 5.60. The Morgan fingerprint density at radius 2 is 1.96 bits per heavy atom. The summed E-state index contributed by atoms with van der Waals surface area (Å²) in [6.45, 7) is 0.502. The number of carbonyl (C=O) groups excluding carboxylic acids is 2. The number of benzene rings is 2. The second-order valence-electron chi connectivity index (χ2n) is 5.65. The zero-order chi connectivity index (χ0) is 18.9. The number of esters is 1. The highest BCUT2D eigenvalue weighted by atomic mass is 79.9. The molecule has 0 aliphatic rings. The predicted molar refractivity (Wildman–Crippen MR) is 109 cm³/mol. The van der Waals surface area contributed by atoms with E-state index in [1.807, 2.05) is 48.5 Å². The lowest BCUT2D eigenvalue weighted by Crippen LogP contribution is -2.30. The molecule has 0 spiro atoms. The monoisotopic (exact) mass is 436 g/mol. The molecule has 26 heavy (non-hydrogen) atoms. The molecule has 0 radical (unpaired) electrons. The molecule has 138 valence electrons. The average Bonchev–Trinajstić information content (AvgIpc) is 2.63.